The van der Waals surface area contributed by atoms with Crippen LogP contribution in [0.25, 0.3) is 0 Å². The summed E-state index contributed by atoms with van der Waals surface area (Å²) in [5.74, 6) is 1.48. The lowest BCUT2D eigenvalue weighted by Crippen LogP contribution is -2.42. The van der Waals surface area contributed by atoms with Crippen molar-refractivity contribution >= 4 is 5.91 Å². The van der Waals surface area contributed by atoms with E-state index in [4.69, 9.17) is 4.74 Å². The fourth-order valence-electron chi connectivity index (χ4n) is 2.34. The van der Waals surface area contributed by atoms with Crippen LogP contribution < -0.4 is 10.1 Å². The summed E-state index contributed by atoms with van der Waals surface area (Å²) in [4.78, 5) is 20.5. The molecular weight excluding hydrogens is 266 g/mol. The number of benzene rings is 1. The smallest absolute Gasteiger partial charge is 0.254 e. The Morgan fingerprint density at radius 1 is 1.33 bits per heavy atom. The van der Waals surface area contributed by atoms with E-state index in [9.17, 15) is 4.79 Å². The van der Waals surface area contributed by atoms with Crippen LogP contribution in [0.4, 0.5) is 0 Å². The molecule has 1 aromatic carbocycles. The fraction of sp³-hybridized carbons (Fsp3) is 0.312. The van der Waals surface area contributed by atoms with Gasteiger partial charge in [0.1, 0.15) is 18.2 Å². The molecule has 2 aromatic rings. The number of rotatable bonds is 3. The summed E-state index contributed by atoms with van der Waals surface area (Å²) in [5.41, 5.74) is 1.60. The van der Waals surface area contributed by atoms with E-state index in [-0.39, 0.29) is 11.9 Å². The lowest BCUT2D eigenvalue weighted by molar-refractivity contribution is 0.0914. The van der Waals surface area contributed by atoms with Crippen LogP contribution in [0.2, 0.25) is 0 Å². The number of hydrogen-bond acceptors (Lipinski definition) is 4. The van der Waals surface area contributed by atoms with Gasteiger partial charge in [0, 0.05) is 18.8 Å². The first kappa shape index (κ1) is 13.5. The molecule has 1 aliphatic rings. The Bertz CT molecular complexity index is 640. The second kappa shape index (κ2) is 5.91. The van der Waals surface area contributed by atoms with Crippen molar-refractivity contribution in [2.45, 2.75) is 25.8 Å². The zero-order chi connectivity index (χ0) is 14.7. The van der Waals surface area contributed by atoms with Gasteiger partial charge in [-0.1, -0.05) is 25.1 Å². The highest BCUT2D eigenvalue weighted by Gasteiger charge is 2.21. The van der Waals surface area contributed by atoms with E-state index in [1.807, 2.05) is 31.2 Å². The Balaban J connectivity index is 1.65. The van der Waals surface area contributed by atoms with Crippen LogP contribution in [0, 0.1) is 0 Å². The van der Waals surface area contributed by atoms with Gasteiger partial charge in [0.15, 0.2) is 0 Å². The summed E-state index contributed by atoms with van der Waals surface area (Å²) in [6.45, 7) is 2.46. The molecule has 3 rings (SSSR count). The molecule has 0 fully saturated rings. The highest BCUT2D eigenvalue weighted by atomic mass is 16.5. The van der Waals surface area contributed by atoms with Gasteiger partial charge in [0.25, 0.3) is 5.91 Å². The number of amides is 1. The Morgan fingerprint density at radius 2 is 2.10 bits per heavy atom. The maximum Gasteiger partial charge on any atom is 0.254 e. The number of aryl methyl sites for hydroxylation is 1. The molecule has 0 spiro atoms. The number of ether oxygens (including phenoxy) is 1. The molecule has 2 heterocycles. The first-order chi connectivity index (χ1) is 10.3. The normalized spacial score (nSPS) is 16.7. The maximum atomic E-state index is 12.2. The van der Waals surface area contributed by atoms with Gasteiger partial charge in [0.2, 0.25) is 0 Å². The zero-order valence-electron chi connectivity index (χ0n) is 11.9. The van der Waals surface area contributed by atoms with Crippen molar-refractivity contribution in [1.82, 2.24) is 15.3 Å². The van der Waals surface area contributed by atoms with Crippen LogP contribution in [0.1, 0.15) is 28.7 Å². The van der Waals surface area contributed by atoms with Crippen molar-refractivity contribution < 1.29 is 9.53 Å². The largest absolute Gasteiger partial charge is 0.491 e. The molecule has 0 aliphatic carbocycles. The standard InChI is InChI=1S/C16H17N3O2/c1-2-15-17-8-12(9-18-15)16(20)19-13-7-11-5-3-4-6-14(11)21-10-13/h3-6,8-9,13H,2,7,10H2,1H3,(H,19,20). The molecule has 1 aliphatic heterocycles. The number of nitrogens with one attached hydrogen (secondary N) is 1. The number of aromatic nitrogens is 2. The third-order valence-electron chi connectivity index (χ3n) is 3.50. The molecule has 0 saturated heterocycles. The maximum absolute atomic E-state index is 12.2. The number of para-hydroxylation sites is 1. The molecule has 5 heteroatoms. The van der Waals surface area contributed by atoms with E-state index in [1.165, 1.54) is 0 Å². The highest BCUT2D eigenvalue weighted by Crippen LogP contribution is 2.23. The first-order valence-corrected chi connectivity index (χ1v) is 7.08. The van der Waals surface area contributed by atoms with Crippen molar-refractivity contribution in [2.75, 3.05) is 6.61 Å². The third-order valence-corrected chi connectivity index (χ3v) is 3.50. The molecule has 0 bridgehead atoms. The van der Waals surface area contributed by atoms with Gasteiger partial charge in [-0.2, -0.15) is 0 Å². The predicted octanol–water partition coefficient (Wildman–Crippen LogP) is 1.77. The molecule has 1 atom stereocenters. The molecular formula is C16H17N3O2. The van der Waals surface area contributed by atoms with E-state index >= 15 is 0 Å². The van der Waals surface area contributed by atoms with Crippen molar-refractivity contribution in [2.24, 2.45) is 0 Å². The van der Waals surface area contributed by atoms with Crippen LogP contribution in [0.5, 0.6) is 5.75 Å². The molecule has 0 radical (unpaired) electrons. The van der Waals surface area contributed by atoms with Crippen LogP contribution in [0.3, 0.4) is 0 Å². The van der Waals surface area contributed by atoms with E-state index in [1.54, 1.807) is 12.4 Å². The summed E-state index contributed by atoms with van der Waals surface area (Å²) in [6, 6.07) is 7.87. The summed E-state index contributed by atoms with van der Waals surface area (Å²) in [5, 5.41) is 2.97. The van der Waals surface area contributed by atoms with Gasteiger partial charge >= 0.3 is 0 Å². The molecule has 108 valence electrons. The molecule has 21 heavy (non-hydrogen) atoms. The minimum absolute atomic E-state index is 0.0294. The van der Waals surface area contributed by atoms with Gasteiger partial charge in [-0.05, 0) is 18.1 Å². The first-order valence-electron chi connectivity index (χ1n) is 7.08. The molecule has 1 unspecified atom stereocenters. The van der Waals surface area contributed by atoms with E-state index in [2.05, 4.69) is 15.3 Å². The summed E-state index contributed by atoms with van der Waals surface area (Å²) in [7, 11) is 0. The highest BCUT2D eigenvalue weighted by molar-refractivity contribution is 5.93. The summed E-state index contributed by atoms with van der Waals surface area (Å²) in [6.07, 6.45) is 4.67. The summed E-state index contributed by atoms with van der Waals surface area (Å²) >= 11 is 0. The van der Waals surface area contributed by atoms with Gasteiger partial charge < -0.3 is 10.1 Å². The number of nitrogens with zero attached hydrogens (tertiary/aromatic N) is 2. The molecule has 5 nitrogen and oxygen atoms in total. The third kappa shape index (κ3) is 3.02. The second-order valence-electron chi connectivity index (χ2n) is 5.03. The van der Waals surface area contributed by atoms with E-state index in [0.29, 0.717) is 12.2 Å². The van der Waals surface area contributed by atoms with Crippen molar-refractivity contribution in [3.05, 3.63) is 53.6 Å². The average molecular weight is 283 g/mol. The van der Waals surface area contributed by atoms with Gasteiger partial charge in [0.05, 0.1) is 11.6 Å². The van der Waals surface area contributed by atoms with Crippen LogP contribution in [-0.4, -0.2) is 28.5 Å². The Kier molecular flexibility index (Phi) is 3.81. The number of carbonyl (C=O) groups is 1. The minimum atomic E-state index is -0.161. The topological polar surface area (TPSA) is 64.1 Å². The quantitative estimate of drug-likeness (QED) is 0.932. The lowest BCUT2D eigenvalue weighted by Gasteiger charge is -2.25. The monoisotopic (exact) mass is 283 g/mol. The second-order valence-corrected chi connectivity index (χ2v) is 5.03. The van der Waals surface area contributed by atoms with Crippen molar-refractivity contribution in [3.8, 4) is 5.75 Å². The van der Waals surface area contributed by atoms with Crippen LogP contribution in [-0.2, 0) is 12.8 Å². The van der Waals surface area contributed by atoms with Crippen molar-refractivity contribution in [1.29, 1.82) is 0 Å². The number of hydrogen-bond donors (Lipinski definition) is 1. The van der Waals surface area contributed by atoms with Gasteiger partial charge in [-0.15, -0.1) is 0 Å². The molecule has 0 saturated carbocycles. The number of carbonyl (C=O) groups excluding carboxylic acids is 1. The Hall–Kier alpha value is -2.43. The number of fused-ring (bicyclic) bond motifs is 1. The lowest BCUT2D eigenvalue weighted by atomic mass is 10.0. The molecule has 1 amide bonds. The summed E-state index contributed by atoms with van der Waals surface area (Å²) < 4.78 is 5.66. The van der Waals surface area contributed by atoms with Gasteiger partial charge in [-0.3, -0.25) is 4.79 Å². The fourth-order valence-corrected chi connectivity index (χ4v) is 2.34. The van der Waals surface area contributed by atoms with Gasteiger partial charge in [-0.25, -0.2) is 9.97 Å². The van der Waals surface area contributed by atoms with E-state index < -0.39 is 0 Å². The zero-order valence-corrected chi connectivity index (χ0v) is 11.9. The van der Waals surface area contributed by atoms with Crippen molar-refractivity contribution in [3.63, 3.8) is 0 Å². The Labute approximate surface area is 123 Å². The molecule has 1 N–H and O–H groups in total. The van der Waals surface area contributed by atoms with Crippen LogP contribution in [0.15, 0.2) is 36.7 Å². The Morgan fingerprint density at radius 3 is 2.86 bits per heavy atom. The predicted molar refractivity (Wildman–Crippen MR) is 78.3 cm³/mol. The molecule has 1 aromatic heterocycles. The minimum Gasteiger partial charge on any atom is -0.491 e. The van der Waals surface area contributed by atoms with E-state index in [0.717, 1.165) is 30.0 Å². The van der Waals surface area contributed by atoms with Crippen LogP contribution >= 0.6 is 0 Å². The average Bonchev–Trinajstić information content (AvgIpc) is 2.55. The SMILES string of the molecule is CCc1ncc(C(=O)NC2COc3ccccc3C2)cn1.